The molecule has 0 aliphatic heterocycles. The second-order valence-electron chi connectivity index (χ2n) is 16.9. The van der Waals surface area contributed by atoms with Gasteiger partial charge in [0.05, 0.1) is 11.4 Å². The summed E-state index contributed by atoms with van der Waals surface area (Å²) in [5.74, 6) is 0. The number of hydrogen-bond acceptors (Lipinski definition) is 1. The molecule has 0 atom stereocenters. The first-order valence-electron chi connectivity index (χ1n) is 20.2. The molecule has 2 aliphatic rings. The summed E-state index contributed by atoms with van der Waals surface area (Å²) in [6, 6.07) is 70.3. The minimum Gasteiger partial charge on any atom is -0.309 e. The molecule has 0 heterocycles. The summed E-state index contributed by atoms with van der Waals surface area (Å²) >= 11 is 0. The molecule has 0 bridgehead atoms. The van der Waals surface area contributed by atoms with Gasteiger partial charge in [0, 0.05) is 27.6 Å². The Bertz CT molecular complexity index is 3080. The summed E-state index contributed by atoms with van der Waals surface area (Å²) in [4.78, 5) is 2.56. The van der Waals surface area contributed by atoms with Gasteiger partial charge in [-0.25, -0.2) is 0 Å². The highest BCUT2D eigenvalue weighted by Crippen LogP contribution is 2.56. The van der Waals surface area contributed by atoms with Crippen molar-refractivity contribution in [1.29, 1.82) is 0 Å². The molecule has 0 aromatic heterocycles. The lowest BCUT2D eigenvalue weighted by molar-refractivity contribution is 0.660. The largest absolute Gasteiger partial charge is 0.309 e. The third-order valence-electron chi connectivity index (χ3n) is 13.1. The normalized spacial score (nSPS) is 14.2. The Morgan fingerprint density at radius 3 is 1.75 bits per heavy atom. The smallest absolute Gasteiger partial charge is 0.0543 e. The molecule has 0 radical (unpaired) electrons. The van der Waals surface area contributed by atoms with Crippen molar-refractivity contribution < 1.29 is 0 Å². The van der Waals surface area contributed by atoms with Crippen molar-refractivity contribution in [3.8, 4) is 44.5 Å². The average Bonchev–Trinajstić information content (AvgIpc) is 3.63. The number of hydrogen-bond donors (Lipinski definition) is 0. The van der Waals surface area contributed by atoms with Gasteiger partial charge in [-0.05, 0) is 114 Å². The summed E-state index contributed by atoms with van der Waals surface area (Å²) in [6.07, 6.45) is 0. The van der Waals surface area contributed by atoms with Crippen LogP contribution in [0.15, 0.2) is 188 Å². The molecule has 2 aliphatic carbocycles. The van der Waals surface area contributed by atoms with Crippen LogP contribution in [0.4, 0.5) is 17.1 Å². The zero-order chi connectivity index (χ0) is 38.5. The highest BCUT2D eigenvalue weighted by Gasteiger charge is 2.39. The molecule has 57 heavy (non-hydrogen) atoms. The minimum atomic E-state index is -0.139. The third kappa shape index (κ3) is 5.02. The van der Waals surface area contributed by atoms with Crippen LogP contribution in [0, 0.1) is 0 Å². The van der Waals surface area contributed by atoms with E-state index < -0.39 is 0 Å². The summed E-state index contributed by atoms with van der Waals surface area (Å²) in [6.45, 7) is 9.51. The Morgan fingerprint density at radius 2 is 0.912 bits per heavy atom. The zero-order valence-corrected chi connectivity index (χ0v) is 32.8. The first kappa shape index (κ1) is 33.6. The van der Waals surface area contributed by atoms with Gasteiger partial charge in [0.25, 0.3) is 0 Å². The van der Waals surface area contributed by atoms with E-state index in [0.29, 0.717) is 0 Å². The molecular formula is C56H43N. The van der Waals surface area contributed by atoms with Crippen LogP contribution in [0.2, 0.25) is 0 Å². The van der Waals surface area contributed by atoms with Crippen molar-refractivity contribution in [2.24, 2.45) is 0 Å². The first-order chi connectivity index (χ1) is 27.8. The van der Waals surface area contributed by atoms with Crippen LogP contribution >= 0.6 is 0 Å². The molecule has 272 valence electrons. The van der Waals surface area contributed by atoms with E-state index in [1.165, 1.54) is 94.0 Å². The van der Waals surface area contributed by atoms with Crippen molar-refractivity contribution >= 4 is 38.6 Å². The molecule has 9 aromatic rings. The monoisotopic (exact) mass is 729 g/mol. The number of anilines is 3. The van der Waals surface area contributed by atoms with Gasteiger partial charge in [-0.3, -0.25) is 0 Å². The maximum atomic E-state index is 2.56. The standard InChI is InChI=1S/C56H43N/c1-55(2)49-24-12-10-21-46(49)54-50(55)25-14-26-53(54)57(41-30-31-45-44-20-9-11-23-48(44)56(3,4)51(45)35-41)52-32-29-40(43-22-13-18-37-16-7-8-19-42(37)43)34-47(52)39-28-27-36-15-5-6-17-38(36)33-39/h5-35H,1-4H3. The fourth-order valence-electron chi connectivity index (χ4n) is 10.1. The van der Waals surface area contributed by atoms with Gasteiger partial charge in [0.1, 0.15) is 0 Å². The van der Waals surface area contributed by atoms with E-state index in [-0.39, 0.29) is 10.8 Å². The lowest BCUT2D eigenvalue weighted by Crippen LogP contribution is -2.18. The second kappa shape index (κ2) is 12.4. The van der Waals surface area contributed by atoms with Crippen molar-refractivity contribution in [2.45, 2.75) is 38.5 Å². The van der Waals surface area contributed by atoms with Crippen LogP contribution in [-0.2, 0) is 10.8 Å². The molecule has 0 saturated heterocycles. The molecule has 1 nitrogen and oxygen atoms in total. The van der Waals surface area contributed by atoms with E-state index in [9.17, 15) is 0 Å². The van der Waals surface area contributed by atoms with Crippen LogP contribution in [0.25, 0.3) is 66.1 Å². The van der Waals surface area contributed by atoms with Gasteiger partial charge in [-0.15, -0.1) is 0 Å². The fourth-order valence-corrected chi connectivity index (χ4v) is 10.1. The van der Waals surface area contributed by atoms with Crippen molar-refractivity contribution in [3.63, 3.8) is 0 Å². The third-order valence-corrected chi connectivity index (χ3v) is 13.1. The van der Waals surface area contributed by atoms with Crippen molar-refractivity contribution in [3.05, 3.63) is 210 Å². The highest BCUT2D eigenvalue weighted by molar-refractivity contribution is 6.02. The molecule has 0 fully saturated rings. The topological polar surface area (TPSA) is 3.24 Å². The maximum absolute atomic E-state index is 2.56. The summed E-state index contributed by atoms with van der Waals surface area (Å²) in [5.41, 5.74) is 18.8. The van der Waals surface area contributed by atoms with Crippen molar-refractivity contribution in [2.75, 3.05) is 4.90 Å². The fraction of sp³-hybridized carbons (Fsp3) is 0.107. The van der Waals surface area contributed by atoms with Gasteiger partial charge in [-0.1, -0.05) is 179 Å². The predicted octanol–water partition coefficient (Wildman–Crippen LogP) is 15.4. The number of nitrogens with zero attached hydrogens (tertiary/aromatic N) is 1. The SMILES string of the molecule is CC1(C)c2ccccc2-c2ccc(N(c3ccc(-c4cccc5ccccc45)cc3-c3ccc4ccccc4c3)c3cccc4c3-c3ccccc3C4(C)C)cc21. The highest BCUT2D eigenvalue weighted by atomic mass is 15.1. The molecule has 1 heteroatoms. The van der Waals surface area contributed by atoms with Crippen LogP contribution in [-0.4, -0.2) is 0 Å². The Hall–Kier alpha value is -6.70. The quantitative estimate of drug-likeness (QED) is 0.170. The zero-order valence-electron chi connectivity index (χ0n) is 32.8. The van der Waals surface area contributed by atoms with Crippen LogP contribution < -0.4 is 4.90 Å². The van der Waals surface area contributed by atoms with E-state index in [4.69, 9.17) is 0 Å². The Kier molecular flexibility index (Phi) is 7.32. The maximum Gasteiger partial charge on any atom is 0.0543 e. The van der Waals surface area contributed by atoms with E-state index in [2.05, 4.69) is 221 Å². The molecule has 11 rings (SSSR count). The van der Waals surface area contributed by atoms with E-state index in [0.717, 1.165) is 11.4 Å². The van der Waals surface area contributed by atoms with E-state index in [1.54, 1.807) is 0 Å². The van der Waals surface area contributed by atoms with Crippen LogP contribution in [0.5, 0.6) is 0 Å². The Balaban J connectivity index is 1.22. The van der Waals surface area contributed by atoms with Crippen molar-refractivity contribution in [1.82, 2.24) is 0 Å². The molecule has 0 unspecified atom stereocenters. The van der Waals surface area contributed by atoms with Gasteiger partial charge in [-0.2, -0.15) is 0 Å². The Labute approximate surface area is 335 Å². The van der Waals surface area contributed by atoms with Gasteiger partial charge in [0.15, 0.2) is 0 Å². The first-order valence-corrected chi connectivity index (χ1v) is 20.2. The molecule has 0 N–H and O–H groups in total. The second-order valence-corrected chi connectivity index (χ2v) is 16.9. The van der Waals surface area contributed by atoms with E-state index in [1.807, 2.05) is 0 Å². The van der Waals surface area contributed by atoms with Gasteiger partial charge >= 0.3 is 0 Å². The van der Waals surface area contributed by atoms with Crippen LogP contribution in [0.1, 0.15) is 49.9 Å². The summed E-state index contributed by atoms with van der Waals surface area (Å²) < 4.78 is 0. The van der Waals surface area contributed by atoms with Gasteiger partial charge in [0.2, 0.25) is 0 Å². The molecule has 0 saturated carbocycles. The minimum absolute atomic E-state index is 0.130. The number of benzene rings is 9. The van der Waals surface area contributed by atoms with E-state index >= 15 is 0 Å². The lowest BCUT2D eigenvalue weighted by atomic mass is 9.82. The molecule has 0 spiro atoms. The van der Waals surface area contributed by atoms with Gasteiger partial charge < -0.3 is 4.90 Å². The lowest BCUT2D eigenvalue weighted by Gasteiger charge is -2.32. The summed E-state index contributed by atoms with van der Waals surface area (Å²) in [7, 11) is 0. The summed E-state index contributed by atoms with van der Waals surface area (Å²) in [5, 5.41) is 4.98. The molecular weight excluding hydrogens is 687 g/mol. The number of fused-ring (bicyclic) bond motifs is 8. The Morgan fingerprint density at radius 1 is 0.333 bits per heavy atom. The molecule has 9 aromatic carbocycles. The predicted molar refractivity (Wildman–Crippen MR) is 242 cm³/mol. The van der Waals surface area contributed by atoms with Crippen LogP contribution in [0.3, 0.4) is 0 Å². The number of rotatable bonds is 5. The average molecular weight is 730 g/mol. The molecule has 0 amide bonds.